The molecule has 0 aliphatic carbocycles. The molecule has 0 unspecified atom stereocenters. The lowest BCUT2D eigenvalue weighted by atomic mass is 10.2. The molecule has 1 aromatic heterocycles. The second kappa shape index (κ2) is 5.48. The summed E-state index contributed by atoms with van der Waals surface area (Å²) < 4.78 is 11.4. The van der Waals surface area contributed by atoms with Crippen LogP contribution in [0.5, 0.6) is 11.6 Å². The number of benzene rings is 1. The van der Waals surface area contributed by atoms with E-state index in [0.717, 1.165) is 0 Å². The van der Waals surface area contributed by atoms with Gasteiger partial charge in [-0.2, -0.15) is 0 Å². The quantitative estimate of drug-likeness (QED) is 0.854. The summed E-state index contributed by atoms with van der Waals surface area (Å²) in [6.07, 6.45) is 1.80. The van der Waals surface area contributed by atoms with E-state index in [4.69, 9.17) is 4.74 Å². The summed E-state index contributed by atoms with van der Waals surface area (Å²) >= 11 is 0. The molecule has 19 heavy (non-hydrogen) atoms. The molecule has 5 heteroatoms. The van der Waals surface area contributed by atoms with Crippen molar-refractivity contribution in [3.8, 4) is 17.3 Å². The minimum absolute atomic E-state index is 0.0448. The summed E-state index contributed by atoms with van der Waals surface area (Å²) in [6.45, 7) is 0. The Morgan fingerprint density at radius 1 is 1.32 bits per heavy atom. The summed E-state index contributed by atoms with van der Waals surface area (Å²) in [5.74, 6) is 0.332. The second-order valence-electron chi connectivity index (χ2n) is 4.00. The van der Waals surface area contributed by atoms with Crippen LogP contribution in [-0.4, -0.2) is 29.9 Å². The highest BCUT2D eigenvalue weighted by molar-refractivity contribution is 5.72. The van der Waals surface area contributed by atoms with Crippen LogP contribution < -0.4 is 4.74 Å². The molecule has 0 aliphatic heterocycles. The lowest BCUT2D eigenvalue weighted by molar-refractivity contribution is -0.139. The van der Waals surface area contributed by atoms with Gasteiger partial charge in [0.05, 0.1) is 26.3 Å². The van der Waals surface area contributed by atoms with Crippen molar-refractivity contribution < 1.29 is 19.4 Å². The maximum Gasteiger partial charge on any atom is 0.310 e. The van der Waals surface area contributed by atoms with Crippen molar-refractivity contribution in [2.24, 2.45) is 0 Å². The van der Waals surface area contributed by atoms with Crippen LogP contribution in [0.1, 0.15) is 5.56 Å². The van der Waals surface area contributed by atoms with Gasteiger partial charge < -0.3 is 14.6 Å². The van der Waals surface area contributed by atoms with Crippen LogP contribution in [0.3, 0.4) is 0 Å². The minimum atomic E-state index is -0.350. The highest BCUT2D eigenvalue weighted by atomic mass is 16.5. The molecule has 0 spiro atoms. The van der Waals surface area contributed by atoms with Crippen molar-refractivity contribution in [2.45, 2.75) is 6.42 Å². The number of aromatic nitrogens is 1. The van der Waals surface area contributed by atoms with E-state index in [1.807, 2.05) is 18.2 Å². The van der Waals surface area contributed by atoms with E-state index in [0.29, 0.717) is 17.0 Å². The number of para-hydroxylation sites is 2. The topological polar surface area (TPSA) is 60.7 Å². The van der Waals surface area contributed by atoms with Gasteiger partial charge in [0.2, 0.25) is 0 Å². The molecule has 0 amide bonds. The van der Waals surface area contributed by atoms with E-state index in [1.54, 1.807) is 23.9 Å². The molecule has 1 N–H and O–H groups in total. The highest BCUT2D eigenvalue weighted by Gasteiger charge is 2.12. The summed E-state index contributed by atoms with van der Waals surface area (Å²) in [7, 11) is 2.90. The Hall–Kier alpha value is -2.43. The molecule has 2 aromatic rings. The highest BCUT2D eigenvalue weighted by Crippen LogP contribution is 2.28. The van der Waals surface area contributed by atoms with Gasteiger partial charge in [-0.15, -0.1) is 0 Å². The molecular weight excluding hydrogens is 246 g/mol. The third-order valence-electron chi connectivity index (χ3n) is 2.78. The maximum absolute atomic E-state index is 11.2. The average molecular weight is 261 g/mol. The molecule has 0 saturated heterocycles. The molecule has 1 heterocycles. The number of esters is 1. The van der Waals surface area contributed by atoms with Gasteiger partial charge in [0.25, 0.3) is 0 Å². The molecule has 5 nitrogen and oxygen atoms in total. The zero-order chi connectivity index (χ0) is 13.8. The third kappa shape index (κ3) is 2.70. The Bertz CT molecular complexity index is 589. The lowest BCUT2D eigenvalue weighted by Gasteiger charge is -2.09. The number of aromatic hydroxyl groups is 1. The number of ether oxygens (including phenoxy) is 2. The molecule has 0 bridgehead atoms. The molecule has 1 aromatic carbocycles. The normalized spacial score (nSPS) is 10.2. The van der Waals surface area contributed by atoms with Crippen LogP contribution >= 0.6 is 0 Å². The number of carbonyl (C=O) groups is 1. The molecule has 0 aliphatic rings. The van der Waals surface area contributed by atoms with Crippen molar-refractivity contribution in [3.63, 3.8) is 0 Å². The van der Waals surface area contributed by atoms with E-state index in [-0.39, 0.29) is 18.3 Å². The van der Waals surface area contributed by atoms with Crippen LogP contribution in [0.4, 0.5) is 0 Å². The molecule has 0 atom stereocenters. The minimum Gasteiger partial charge on any atom is -0.495 e. The fraction of sp³-hybridized carbons (Fsp3) is 0.214. The standard InChI is InChI=1S/C14H15NO4/c1-18-12-6-4-3-5-11(12)15-9-10(7-13(15)16)8-14(17)19-2/h3-7,9,16H,8H2,1-2H3. The van der Waals surface area contributed by atoms with Gasteiger partial charge in [-0.25, -0.2) is 0 Å². The maximum atomic E-state index is 11.2. The van der Waals surface area contributed by atoms with E-state index >= 15 is 0 Å². The van der Waals surface area contributed by atoms with Gasteiger partial charge in [0.15, 0.2) is 5.88 Å². The number of hydrogen-bond acceptors (Lipinski definition) is 4. The van der Waals surface area contributed by atoms with Crippen LogP contribution in [0, 0.1) is 0 Å². The van der Waals surface area contributed by atoms with Crippen LogP contribution in [-0.2, 0) is 16.0 Å². The number of nitrogens with zero attached hydrogens (tertiary/aromatic N) is 1. The largest absolute Gasteiger partial charge is 0.495 e. The third-order valence-corrected chi connectivity index (χ3v) is 2.78. The smallest absolute Gasteiger partial charge is 0.310 e. The summed E-state index contributed by atoms with van der Waals surface area (Å²) in [4.78, 5) is 11.2. The van der Waals surface area contributed by atoms with E-state index in [2.05, 4.69) is 4.74 Å². The van der Waals surface area contributed by atoms with Gasteiger partial charge >= 0.3 is 5.97 Å². The molecule has 2 rings (SSSR count). The monoisotopic (exact) mass is 261 g/mol. The zero-order valence-electron chi connectivity index (χ0n) is 10.8. The van der Waals surface area contributed by atoms with Gasteiger partial charge in [-0.1, -0.05) is 12.1 Å². The van der Waals surface area contributed by atoms with Crippen LogP contribution in [0.25, 0.3) is 5.69 Å². The summed E-state index contributed by atoms with van der Waals surface area (Å²) in [6, 6.07) is 8.84. The van der Waals surface area contributed by atoms with Crippen molar-refractivity contribution in [1.82, 2.24) is 4.57 Å². The first-order valence-corrected chi connectivity index (χ1v) is 5.76. The first-order valence-electron chi connectivity index (χ1n) is 5.76. The molecular formula is C14H15NO4. The lowest BCUT2D eigenvalue weighted by Crippen LogP contribution is -2.03. The second-order valence-corrected chi connectivity index (χ2v) is 4.00. The Morgan fingerprint density at radius 2 is 2.05 bits per heavy atom. The zero-order valence-corrected chi connectivity index (χ0v) is 10.8. The van der Waals surface area contributed by atoms with E-state index in [9.17, 15) is 9.90 Å². The summed E-state index contributed by atoms with van der Waals surface area (Å²) in [5.41, 5.74) is 1.38. The first-order chi connectivity index (χ1) is 9.15. The van der Waals surface area contributed by atoms with Gasteiger partial charge in [0, 0.05) is 12.3 Å². The Morgan fingerprint density at radius 3 is 2.74 bits per heavy atom. The van der Waals surface area contributed by atoms with Crippen LogP contribution in [0.2, 0.25) is 0 Å². The van der Waals surface area contributed by atoms with Crippen molar-refractivity contribution in [2.75, 3.05) is 14.2 Å². The Balaban J connectivity index is 2.37. The van der Waals surface area contributed by atoms with Gasteiger partial charge in [-0.05, 0) is 17.7 Å². The first kappa shape index (κ1) is 13.0. The molecule has 0 radical (unpaired) electrons. The van der Waals surface area contributed by atoms with Crippen LogP contribution in [0.15, 0.2) is 36.5 Å². The van der Waals surface area contributed by atoms with Gasteiger partial charge in [0.1, 0.15) is 5.75 Å². The predicted octanol–water partition coefficient (Wildman–Crippen LogP) is 1.91. The van der Waals surface area contributed by atoms with Crippen molar-refractivity contribution in [3.05, 3.63) is 42.1 Å². The molecule has 100 valence electrons. The van der Waals surface area contributed by atoms with E-state index < -0.39 is 0 Å². The summed E-state index contributed by atoms with van der Waals surface area (Å²) in [5, 5.41) is 9.95. The Kier molecular flexibility index (Phi) is 3.75. The predicted molar refractivity (Wildman–Crippen MR) is 69.7 cm³/mol. The number of carbonyl (C=O) groups excluding carboxylic acids is 1. The van der Waals surface area contributed by atoms with E-state index in [1.165, 1.54) is 13.2 Å². The molecule has 0 fully saturated rings. The fourth-order valence-corrected chi connectivity index (χ4v) is 1.86. The van der Waals surface area contributed by atoms with Gasteiger partial charge in [-0.3, -0.25) is 9.36 Å². The average Bonchev–Trinajstić information content (AvgIpc) is 2.79. The Labute approximate surface area is 111 Å². The fourth-order valence-electron chi connectivity index (χ4n) is 1.86. The van der Waals surface area contributed by atoms with Crippen molar-refractivity contribution in [1.29, 1.82) is 0 Å². The molecule has 0 saturated carbocycles. The number of hydrogen-bond donors (Lipinski definition) is 1. The van der Waals surface area contributed by atoms with Crippen molar-refractivity contribution >= 4 is 5.97 Å². The number of rotatable bonds is 4. The SMILES string of the molecule is COC(=O)Cc1cc(O)n(-c2ccccc2OC)c1. The number of methoxy groups -OCH3 is 2.